The van der Waals surface area contributed by atoms with Gasteiger partial charge in [-0.15, -0.1) is 11.3 Å². The number of hydrogen-bond donors (Lipinski definition) is 4. The predicted octanol–water partition coefficient (Wildman–Crippen LogP) is 1.81. The zero-order chi connectivity index (χ0) is 34.4. The number of aromatic nitrogens is 1. The number of β-amino-alcohol motifs (C(OH)–C–C–N with tert-alkyl or cyclic N) is 1. The first-order chi connectivity index (χ1) is 22.4. The second-order valence-electron chi connectivity index (χ2n) is 12.6. The fourth-order valence-electron chi connectivity index (χ4n) is 5.13. The minimum Gasteiger partial charge on any atom is -0.391 e. The molecule has 1 fully saturated rings. The molecule has 0 bridgehead atoms. The SMILES string of the molecule is Cc1ncsc1-c1ccc(C(C)NC(=O)C2CC(O)CN2C(=O)C(NC(=O)COCCOCCOCCOCCN)C(C)(C)C)cc1. The Morgan fingerprint density at radius 1 is 1.00 bits per heavy atom. The van der Waals surface area contributed by atoms with Crippen LogP contribution in [-0.2, 0) is 33.3 Å². The van der Waals surface area contributed by atoms with Crippen LogP contribution in [-0.4, -0.2) is 117 Å². The van der Waals surface area contributed by atoms with Crippen LogP contribution in [0.1, 0.15) is 51.4 Å². The van der Waals surface area contributed by atoms with Crippen molar-refractivity contribution < 1.29 is 38.4 Å². The number of carbonyl (C=O) groups excluding carboxylic acids is 3. The third-order valence-corrected chi connectivity index (χ3v) is 8.65. The number of rotatable bonds is 19. The van der Waals surface area contributed by atoms with Gasteiger partial charge in [-0.05, 0) is 30.4 Å². The summed E-state index contributed by atoms with van der Waals surface area (Å²) in [5.41, 5.74) is 9.42. The molecule has 2 aromatic rings. The molecule has 3 amide bonds. The van der Waals surface area contributed by atoms with E-state index in [1.54, 1.807) is 11.3 Å². The Morgan fingerprint density at radius 3 is 2.15 bits per heavy atom. The summed E-state index contributed by atoms with van der Waals surface area (Å²) < 4.78 is 21.5. The van der Waals surface area contributed by atoms with Gasteiger partial charge in [-0.1, -0.05) is 45.0 Å². The van der Waals surface area contributed by atoms with Crippen molar-refractivity contribution in [2.24, 2.45) is 11.1 Å². The van der Waals surface area contributed by atoms with E-state index in [9.17, 15) is 19.5 Å². The number of aryl methyl sites for hydroxylation is 1. The lowest BCUT2D eigenvalue weighted by molar-refractivity contribution is -0.144. The van der Waals surface area contributed by atoms with Gasteiger partial charge in [-0.2, -0.15) is 0 Å². The van der Waals surface area contributed by atoms with Crippen LogP contribution in [0.25, 0.3) is 10.4 Å². The molecule has 5 N–H and O–H groups in total. The second-order valence-corrected chi connectivity index (χ2v) is 13.4. The Labute approximate surface area is 281 Å². The molecule has 4 atom stereocenters. The van der Waals surface area contributed by atoms with Crippen LogP contribution < -0.4 is 16.4 Å². The summed E-state index contributed by atoms with van der Waals surface area (Å²) in [4.78, 5) is 46.9. The maximum Gasteiger partial charge on any atom is 0.246 e. The van der Waals surface area contributed by atoms with Gasteiger partial charge >= 0.3 is 0 Å². The van der Waals surface area contributed by atoms with E-state index >= 15 is 0 Å². The summed E-state index contributed by atoms with van der Waals surface area (Å²) in [5.74, 6) is -1.26. The molecule has 4 unspecified atom stereocenters. The van der Waals surface area contributed by atoms with Gasteiger partial charge < -0.3 is 45.3 Å². The normalized spacial score (nSPS) is 17.8. The summed E-state index contributed by atoms with van der Waals surface area (Å²) in [5, 5.41) is 16.3. The van der Waals surface area contributed by atoms with Crippen LogP contribution in [0, 0.1) is 12.3 Å². The molecule has 3 rings (SSSR count). The van der Waals surface area contributed by atoms with Gasteiger partial charge in [0, 0.05) is 19.5 Å². The van der Waals surface area contributed by atoms with E-state index in [-0.39, 0.29) is 44.7 Å². The molecule has 2 heterocycles. The van der Waals surface area contributed by atoms with E-state index in [0.29, 0.717) is 39.6 Å². The fraction of sp³-hybridized carbons (Fsp3) is 0.636. The zero-order valence-electron chi connectivity index (χ0n) is 28.2. The first kappa shape index (κ1) is 38.5. The first-order valence-corrected chi connectivity index (χ1v) is 16.9. The number of thiazole rings is 1. The zero-order valence-corrected chi connectivity index (χ0v) is 29.0. The average molecular weight is 678 g/mol. The molecule has 0 aliphatic carbocycles. The lowest BCUT2D eigenvalue weighted by atomic mass is 9.85. The highest BCUT2D eigenvalue weighted by Gasteiger charge is 2.44. The van der Waals surface area contributed by atoms with Crippen LogP contribution in [0.3, 0.4) is 0 Å². The highest BCUT2D eigenvalue weighted by Crippen LogP contribution is 2.29. The number of nitrogens with two attached hydrogens (primary N) is 1. The summed E-state index contributed by atoms with van der Waals surface area (Å²) in [6.45, 7) is 12.2. The van der Waals surface area contributed by atoms with Gasteiger partial charge in [0.25, 0.3) is 0 Å². The van der Waals surface area contributed by atoms with E-state index in [0.717, 1.165) is 21.7 Å². The van der Waals surface area contributed by atoms with Crippen molar-refractivity contribution in [3.8, 4) is 10.4 Å². The van der Waals surface area contributed by atoms with Crippen LogP contribution in [0.5, 0.6) is 0 Å². The highest BCUT2D eigenvalue weighted by atomic mass is 32.1. The smallest absolute Gasteiger partial charge is 0.246 e. The standard InChI is InChI=1S/C33H51N5O8S/c1-22(24-6-8-25(9-7-24)29-23(2)35-21-47-29)36-31(41)27-18-26(39)19-38(27)32(42)30(33(3,4)5)37-28(40)20-46-17-16-45-15-14-44-13-12-43-11-10-34/h6-9,21-22,26-27,30,39H,10-20,34H2,1-5H3,(H,36,41)(H,37,40). The van der Waals surface area contributed by atoms with Crippen molar-refractivity contribution in [2.75, 3.05) is 65.9 Å². The van der Waals surface area contributed by atoms with E-state index in [1.165, 1.54) is 4.90 Å². The molecule has 14 heteroatoms. The molecular formula is C33H51N5O8S. The second kappa shape index (κ2) is 19.1. The molecule has 1 aliphatic heterocycles. The maximum absolute atomic E-state index is 13.8. The molecule has 1 aromatic heterocycles. The molecule has 0 saturated carbocycles. The molecule has 0 spiro atoms. The quantitative estimate of drug-likeness (QED) is 0.161. The van der Waals surface area contributed by atoms with Gasteiger partial charge in [0.05, 0.1) is 74.5 Å². The van der Waals surface area contributed by atoms with Crippen LogP contribution in [0.4, 0.5) is 0 Å². The van der Waals surface area contributed by atoms with Gasteiger partial charge in [0.15, 0.2) is 0 Å². The topological polar surface area (TPSA) is 175 Å². The van der Waals surface area contributed by atoms with Crippen molar-refractivity contribution >= 4 is 29.1 Å². The summed E-state index contributed by atoms with van der Waals surface area (Å²) >= 11 is 1.58. The van der Waals surface area contributed by atoms with Crippen molar-refractivity contribution in [1.29, 1.82) is 0 Å². The number of carbonyl (C=O) groups is 3. The van der Waals surface area contributed by atoms with Crippen LogP contribution in [0.15, 0.2) is 29.8 Å². The Kier molecular flexibility index (Phi) is 15.7. The number of hydrogen-bond acceptors (Lipinski definition) is 11. The third kappa shape index (κ3) is 12.2. The van der Waals surface area contributed by atoms with Gasteiger partial charge in [0.1, 0.15) is 18.7 Å². The van der Waals surface area contributed by atoms with E-state index < -0.39 is 35.4 Å². The number of aliphatic hydroxyl groups is 1. The van der Waals surface area contributed by atoms with E-state index in [4.69, 9.17) is 24.7 Å². The van der Waals surface area contributed by atoms with Crippen LogP contribution in [0.2, 0.25) is 0 Å². The van der Waals surface area contributed by atoms with Crippen molar-refractivity contribution in [3.05, 3.63) is 41.0 Å². The number of aliphatic hydroxyl groups excluding tert-OH is 1. The molecule has 0 radical (unpaired) electrons. The van der Waals surface area contributed by atoms with Gasteiger partial charge in [-0.25, -0.2) is 4.98 Å². The summed E-state index contributed by atoms with van der Waals surface area (Å²) in [6.07, 6.45) is -0.754. The summed E-state index contributed by atoms with van der Waals surface area (Å²) in [6, 6.07) is 5.77. The molecule has 262 valence electrons. The number of amides is 3. The highest BCUT2D eigenvalue weighted by molar-refractivity contribution is 7.13. The molecule has 1 aliphatic rings. The summed E-state index contributed by atoms with van der Waals surface area (Å²) in [7, 11) is 0. The Hall–Kier alpha value is -2.98. The average Bonchev–Trinajstić information content (AvgIpc) is 3.64. The number of ether oxygens (including phenoxy) is 4. The fourth-order valence-corrected chi connectivity index (χ4v) is 5.94. The minimum atomic E-state index is -0.943. The maximum atomic E-state index is 13.8. The largest absolute Gasteiger partial charge is 0.391 e. The van der Waals surface area contributed by atoms with Gasteiger partial charge in [0.2, 0.25) is 17.7 Å². The third-order valence-electron chi connectivity index (χ3n) is 7.67. The number of likely N-dealkylation sites (tertiary alicyclic amines) is 1. The molecule has 13 nitrogen and oxygen atoms in total. The minimum absolute atomic E-state index is 0.00503. The molecule has 47 heavy (non-hydrogen) atoms. The van der Waals surface area contributed by atoms with Crippen molar-refractivity contribution in [2.45, 2.75) is 65.3 Å². The number of benzene rings is 1. The molecule has 1 aromatic carbocycles. The van der Waals surface area contributed by atoms with Crippen molar-refractivity contribution in [1.82, 2.24) is 20.5 Å². The van der Waals surface area contributed by atoms with E-state index in [1.807, 2.05) is 64.4 Å². The van der Waals surface area contributed by atoms with Crippen molar-refractivity contribution in [3.63, 3.8) is 0 Å². The lowest BCUT2D eigenvalue weighted by Gasteiger charge is -2.35. The molecule has 1 saturated heterocycles. The Bertz CT molecular complexity index is 1270. The van der Waals surface area contributed by atoms with E-state index in [2.05, 4.69) is 15.6 Å². The molecular weight excluding hydrogens is 626 g/mol. The monoisotopic (exact) mass is 677 g/mol. The van der Waals surface area contributed by atoms with Crippen LogP contribution >= 0.6 is 11.3 Å². The predicted molar refractivity (Wildman–Crippen MR) is 179 cm³/mol. The lowest BCUT2D eigenvalue weighted by Crippen LogP contribution is -2.58. The Morgan fingerprint density at radius 2 is 1.60 bits per heavy atom. The number of nitrogens with zero attached hydrogens (tertiary/aromatic N) is 2. The Balaban J connectivity index is 1.48. The van der Waals surface area contributed by atoms with Gasteiger partial charge in [-0.3, -0.25) is 14.4 Å². The number of nitrogens with one attached hydrogen (secondary N) is 2. The first-order valence-electron chi connectivity index (χ1n) is 16.0.